The summed E-state index contributed by atoms with van der Waals surface area (Å²) in [5, 5.41) is 4.97. The molecule has 0 amide bonds. The van der Waals surface area contributed by atoms with Gasteiger partial charge >= 0.3 is 6.85 Å². The maximum absolute atomic E-state index is 7.40. The standard InChI is InChI=1S/C63H55BN2O/c1-60(2,3)38-25-28-50-43(31-38)54-55-41-20-14-16-22-53(41)67-59(55)56-44-32-47-48(62(6,7)30-29-61(47,4)5)35-51(44)66(39-26-23-37(24-27-39)36-17-11-10-12-18-36)64-49-34-46-42(33-52(49)65(50)58(54)57(56)64)40-19-13-15-21-45(40)63(46,8)9/h10-28,31-35H,29-30H2,1-9H3. The second-order valence-corrected chi connectivity index (χ2v) is 23.1. The molecule has 8 aromatic carbocycles. The third-order valence-corrected chi connectivity index (χ3v) is 17.0. The van der Waals surface area contributed by atoms with Gasteiger partial charge in [0.2, 0.25) is 0 Å². The van der Waals surface area contributed by atoms with Gasteiger partial charge in [-0.1, -0.05) is 159 Å². The lowest BCUT2D eigenvalue weighted by molar-refractivity contribution is 0.332. The summed E-state index contributed by atoms with van der Waals surface area (Å²) in [7, 11) is 0. The Bertz CT molecular complexity index is 3820. The number of hydrogen-bond donors (Lipinski definition) is 0. The Labute approximate surface area is 394 Å². The third-order valence-electron chi connectivity index (χ3n) is 17.0. The third kappa shape index (κ3) is 5.09. The molecule has 0 unspecified atom stereocenters. The van der Waals surface area contributed by atoms with Crippen LogP contribution in [0.25, 0.3) is 82.8 Å². The molecule has 67 heavy (non-hydrogen) atoms. The van der Waals surface area contributed by atoms with Gasteiger partial charge in [-0.25, -0.2) is 0 Å². The van der Waals surface area contributed by atoms with E-state index < -0.39 is 0 Å². The van der Waals surface area contributed by atoms with Crippen LogP contribution < -0.4 is 15.7 Å². The molecule has 0 N–H and O–H groups in total. The Hall–Kier alpha value is -6.78. The number of hydrogen-bond acceptors (Lipinski definition) is 2. The Morgan fingerprint density at radius 1 is 0.552 bits per heavy atom. The smallest absolute Gasteiger partial charge is 0.333 e. The van der Waals surface area contributed by atoms with Crippen molar-refractivity contribution in [1.82, 2.24) is 4.57 Å². The highest BCUT2D eigenvalue weighted by molar-refractivity contribution is 6.94. The molecule has 3 nitrogen and oxygen atoms in total. The molecule has 0 saturated heterocycles. The van der Waals surface area contributed by atoms with Gasteiger partial charge in [-0.15, -0.1) is 0 Å². The summed E-state index contributed by atoms with van der Waals surface area (Å²) in [5.74, 6) is 0. The van der Waals surface area contributed by atoms with Crippen LogP contribution in [0.15, 0.2) is 150 Å². The first-order valence-corrected chi connectivity index (χ1v) is 24.5. The van der Waals surface area contributed by atoms with Gasteiger partial charge in [0.1, 0.15) is 11.2 Å². The zero-order chi connectivity index (χ0) is 45.7. The molecule has 0 fully saturated rings. The van der Waals surface area contributed by atoms with Crippen LogP contribution in [0.5, 0.6) is 0 Å². The molecule has 2 aliphatic heterocycles. The molecule has 0 atom stereocenters. The van der Waals surface area contributed by atoms with E-state index >= 15 is 0 Å². The van der Waals surface area contributed by atoms with Crippen molar-refractivity contribution >= 4 is 72.9 Å². The van der Waals surface area contributed by atoms with Crippen LogP contribution in [0.3, 0.4) is 0 Å². The highest BCUT2D eigenvalue weighted by Gasteiger charge is 2.49. The Morgan fingerprint density at radius 3 is 2.00 bits per heavy atom. The number of para-hydroxylation sites is 1. The zero-order valence-electron chi connectivity index (χ0n) is 40.2. The fourth-order valence-corrected chi connectivity index (χ4v) is 13.2. The minimum Gasteiger partial charge on any atom is -0.455 e. The van der Waals surface area contributed by atoms with Gasteiger partial charge < -0.3 is 13.8 Å². The van der Waals surface area contributed by atoms with E-state index in [1.807, 2.05) is 0 Å². The average Bonchev–Trinajstić information content (AvgIpc) is 3.94. The number of benzene rings is 8. The van der Waals surface area contributed by atoms with Gasteiger partial charge in [0.05, 0.1) is 11.0 Å². The first-order valence-electron chi connectivity index (χ1n) is 24.5. The average molecular weight is 867 g/mol. The summed E-state index contributed by atoms with van der Waals surface area (Å²) in [6.07, 6.45) is 2.29. The van der Waals surface area contributed by atoms with Crippen molar-refractivity contribution in [2.24, 2.45) is 0 Å². The second kappa shape index (κ2) is 12.8. The molecule has 0 bridgehead atoms. The van der Waals surface area contributed by atoms with Gasteiger partial charge in [-0.05, 0) is 139 Å². The molecular formula is C63H55BN2O. The number of nitrogens with zero attached hydrogens (tertiary/aromatic N) is 2. The van der Waals surface area contributed by atoms with Crippen LogP contribution in [-0.2, 0) is 21.7 Å². The monoisotopic (exact) mass is 866 g/mol. The van der Waals surface area contributed by atoms with Crippen molar-refractivity contribution in [2.45, 2.75) is 96.8 Å². The summed E-state index contributed by atoms with van der Waals surface area (Å²) in [6, 6.07) is 55.9. The Kier molecular flexibility index (Phi) is 7.53. The summed E-state index contributed by atoms with van der Waals surface area (Å²) in [4.78, 5) is 2.74. The molecule has 0 saturated carbocycles. The number of aromatic nitrogens is 1. The second-order valence-electron chi connectivity index (χ2n) is 23.1. The van der Waals surface area contributed by atoms with Crippen molar-refractivity contribution in [3.05, 3.63) is 173 Å². The van der Waals surface area contributed by atoms with E-state index in [2.05, 4.69) is 217 Å². The van der Waals surface area contributed by atoms with Crippen LogP contribution >= 0.6 is 0 Å². The van der Waals surface area contributed by atoms with E-state index in [9.17, 15) is 0 Å². The van der Waals surface area contributed by atoms with Gasteiger partial charge in [0.15, 0.2) is 0 Å². The van der Waals surface area contributed by atoms with Gasteiger partial charge in [-0.2, -0.15) is 0 Å². The molecule has 14 rings (SSSR count). The van der Waals surface area contributed by atoms with E-state index in [1.165, 1.54) is 122 Å². The number of furan rings is 1. The molecule has 4 heteroatoms. The van der Waals surface area contributed by atoms with Crippen LogP contribution in [0, 0.1) is 0 Å². The fourth-order valence-electron chi connectivity index (χ4n) is 13.2. The van der Waals surface area contributed by atoms with Crippen LogP contribution in [-0.4, -0.2) is 11.4 Å². The SMILES string of the molecule is CC(C)(C)c1ccc2c(c1)c1c3c(oc4ccccc43)c3c4c1n2-c1cc2c(cc1B4N(c1ccc(-c4ccccc4)cc1)c1cc4c(cc1-3)C(C)(C)CCC4(C)C)C(C)(C)c1ccccc1-2. The normalized spacial score (nSPS) is 16.9. The van der Waals surface area contributed by atoms with E-state index in [4.69, 9.17) is 4.42 Å². The molecule has 0 spiro atoms. The molecule has 0 radical (unpaired) electrons. The lowest BCUT2D eigenvalue weighted by Crippen LogP contribution is -2.61. The summed E-state index contributed by atoms with van der Waals surface area (Å²) in [6.45, 7) is 21.6. The quantitative estimate of drug-likeness (QED) is 0.161. The van der Waals surface area contributed by atoms with E-state index in [-0.39, 0.29) is 28.5 Å². The number of anilines is 2. The summed E-state index contributed by atoms with van der Waals surface area (Å²) < 4.78 is 10.1. The Balaban J connectivity index is 1.21. The molecular weight excluding hydrogens is 812 g/mol. The lowest BCUT2D eigenvalue weighted by atomic mass is 9.43. The summed E-state index contributed by atoms with van der Waals surface area (Å²) in [5.41, 5.74) is 25.3. The molecule has 4 aliphatic rings. The zero-order valence-corrected chi connectivity index (χ0v) is 40.2. The van der Waals surface area contributed by atoms with Gasteiger partial charge in [-0.3, -0.25) is 0 Å². The molecule has 2 aromatic heterocycles. The minimum absolute atomic E-state index is 0.0131. The van der Waals surface area contributed by atoms with Crippen LogP contribution in [0.1, 0.15) is 103 Å². The molecule has 326 valence electrons. The van der Waals surface area contributed by atoms with Crippen molar-refractivity contribution in [2.75, 3.05) is 4.81 Å². The van der Waals surface area contributed by atoms with E-state index in [1.54, 1.807) is 0 Å². The van der Waals surface area contributed by atoms with Crippen molar-refractivity contribution in [3.63, 3.8) is 0 Å². The van der Waals surface area contributed by atoms with Gasteiger partial charge in [0.25, 0.3) is 0 Å². The summed E-state index contributed by atoms with van der Waals surface area (Å²) >= 11 is 0. The molecule has 4 heterocycles. The predicted molar refractivity (Wildman–Crippen MR) is 284 cm³/mol. The van der Waals surface area contributed by atoms with Crippen molar-refractivity contribution in [1.29, 1.82) is 0 Å². The van der Waals surface area contributed by atoms with Gasteiger partial charge in [0, 0.05) is 55.1 Å². The maximum Gasteiger partial charge on any atom is 0.333 e. The first-order chi connectivity index (χ1) is 32.1. The largest absolute Gasteiger partial charge is 0.455 e. The number of fused-ring (bicyclic) bond motifs is 17. The highest BCUT2D eigenvalue weighted by atomic mass is 16.3. The maximum atomic E-state index is 7.40. The molecule has 2 aliphatic carbocycles. The van der Waals surface area contributed by atoms with E-state index in [0.717, 1.165) is 24.0 Å². The fraction of sp³-hybridized carbons (Fsp3) is 0.238. The first kappa shape index (κ1) is 39.4. The van der Waals surface area contributed by atoms with Crippen LogP contribution in [0.4, 0.5) is 11.4 Å². The topological polar surface area (TPSA) is 21.3 Å². The highest BCUT2D eigenvalue weighted by Crippen LogP contribution is 2.57. The lowest BCUT2D eigenvalue weighted by Gasteiger charge is -2.46. The van der Waals surface area contributed by atoms with Crippen molar-refractivity contribution < 1.29 is 4.42 Å². The number of rotatable bonds is 2. The predicted octanol–water partition coefficient (Wildman–Crippen LogP) is 15.5. The molecule has 10 aromatic rings. The minimum atomic E-state index is -0.175. The van der Waals surface area contributed by atoms with Crippen molar-refractivity contribution in [3.8, 4) is 39.1 Å². The van der Waals surface area contributed by atoms with E-state index in [0.29, 0.717) is 0 Å². The Morgan fingerprint density at radius 2 is 1.24 bits per heavy atom. The van der Waals surface area contributed by atoms with Crippen LogP contribution in [0.2, 0.25) is 0 Å².